The van der Waals surface area contributed by atoms with Gasteiger partial charge in [0.05, 0.1) is 5.92 Å². The fraction of sp³-hybridized carbons (Fsp3) is 0.455. The maximum atomic E-state index is 11.7. The number of nitrogens with one attached hydrogen (secondary N) is 1. The van der Waals surface area contributed by atoms with Crippen molar-refractivity contribution >= 4 is 23.2 Å². The van der Waals surface area contributed by atoms with E-state index in [-0.39, 0.29) is 11.8 Å². The maximum Gasteiger partial charge on any atom is 0.325 e. The molecule has 1 heterocycles. The second-order valence-corrected chi connectivity index (χ2v) is 5.06. The van der Waals surface area contributed by atoms with Gasteiger partial charge in [-0.25, -0.2) is 0 Å². The van der Waals surface area contributed by atoms with Crippen LogP contribution in [0.3, 0.4) is 0 Å². The number of hydrogen-bond acceptors (Lipinski definition) is 3. The molecule has 0 aliphatic rings. The Kier molecular flexibility index (Phi) is 4.06. The maximum absolute atomic E-state index is 11.7. The molecule has 0 aliphatic carbocycles. The molecule has 0 aromatic carbocycles. The fourth-order valence-electron chi connectivity index (χ4n) is 1.22. The van der Waals surface area contributed by atoms with Crippen molar-refractivity contribution in [2.45, 2.75) is 32.7 Å². The highest BCUT2D eigenvalue weighted by molar-refractivity contribution is 7.12. The number of thiophene rings is 1. The van der Waals surface area contributed by atoms with Gasteiger partial charge in [0.25, 0.3) is 0 Å². The Morgan fingerprint density at radius 1 is 1.38 bits per heavy atom. The van der Waals surface area contributed by atoms with E-state index in [0.29, 0.717) is 0 Å². The van der Waals surface area contributed by atoms with Crippen molar-refractivity contribution in [2.75, 3.05) is 0 Å². The molecule has 2 atom stereocenters. The molecule has 1 aromatic rings. The van der Waals surface area contributed by atoms with E-state index < -0.39 is 12.0 Å². The van der Waals surface area contributed by atoms with Crippen LogP contribution in [0.2, 0.25) is 0 Å². The van der Waals surface area contributed by atoms with Gasteiger partial charge < -0.3 is 10.4 Å². The van der Waals surface area contributed by atoms with Gasteiger partial charge in [0, 0.05) is 9.75 Å². The second-order valence-electron chi connectivity index (χ2n) is 3.74. The third kappa shape index (κ3) is 3.06. The van der Waals surface area contributed by atoms with Crippen LogP contribution in [0.4, 0.5) is 0 Å². The minimum atomic E-state index is -1.03. The van der Waals surface area contributed by atoms with Gasteiger partial charge in [-0.15, -0.1) is 11.3 Å². The molecule has 0 spiro atoms. The van der Waals surface area contributed by atoms with Gasteiger partial charge in [-0.3, -0.25) is 9.59 Å². The molecule has 0 saturated carbocycles. The van der Waals surface area contributed by atoms with Crippen LogP contribution in [-0.4, -0.2) is 23.0 Å². The molecule has 1 aromatic heterocycles. The normalized spacial score (nSPS) is 14.2. The van der Waals surface area contributed by atoms with E-state index in [0.717, 1.165) is 9.75 Å². The molecular weight excluding hydrogens is 226 g/mol. The molecule has 5 heteroatoms. The van der Waals surface area contributed by atoms with Crippen molar-refractivity contribution in [1.29, 1.82) is 0 Å². The van der Waals surface area contributed by atoms with Crippen LogP contribution in [-0.2, 0) is 9.59 Å². The molecular formula is C11H15NO3S. The number of carbonyl (C=O) groups is 2. The lowest BCUT2D eigenvalue weighted by molar-refractivity contribution is -0.141. The Labute approximate surface area is 98.3 Å². The van der Waals surface area contributed by atoms with Gasteiger partial charge in [0.2, 0.25) is 5.91 Å². The van der Waals surface area contributed by atoms with E-state index in [2.05, 4.69) is 5.32 Å². The van der Waals surface area contributed by atoms with Crippen LogP contribution in [0.25, 0.3) is 0 Å². The largest absolute Gasteiger partial charge is 0.480 e. The van der Waals surface area contributed by atoms with Crippen molar-refractivity contribution in [3.63, 3.8) is 0 Å². The molecule has 1 rings (SSSR count). The molecule has 2 unspecified atom stereocenters. The predicted molar refractivity (Wildman–Crippen MR) is 62.7 cm³/mol. The lowest BCUT2D eigenvalue weighted by atomic mass is 10.1. The molecule has 16 heavy (non-hydrogen) atoms. The summed E-state index contributed by atoms with van der Waals surface area (Å²) in [6, 6.07) is 3.00. The number of carboxylic acid groups (broad SMARTS) is 1. The van der Waals surface area contributed by atoms with Crippen LogP contribution >= 0.6 is 11.3 Å². The van der Waals surface area contributed by atoms with Crippen molar-refractivity contribution < 1.29 is 14.7 Å². The van der Waals surface area contributed by atoms with Gasteiger partial charge in [0.15, 0.2) is 0 Å². The van der Waals surface area contributed by atoms with Crippen LogP contribution < -0.4 is 5.32 Å². The minimum Gasteiger partial charge on any atom is -0.480 e. The quantitative estimate of drug-likeness (QED) is 0.844. The first kappa shape index (κ1) is 12.7. The van der Waals surface area contributed by atoms with Crippen molar-refractivity contribution in [3.8, 4) is 0 Å². The zero-order valence-corrected chi connectivity index (χ0v) is 10.3. The highest BCUT2D eigenvalue weighted by atomic mass is 32.1. The Morgan fingerprint density at radius 2 is 2.00 bits per heavy atom. The Balaban J connectivity index is 2.64. The van der Waals surface area contributed by atoms with E-state index in [1.54, 1.807) is 18.3 Å². The second kappa shape index (κ2) is 5.12. The number of carboxylic acids is 1. The van der Waals surface area contributed by atoms with Gasteiger partial charge >= 0.3 is 5.97 Å². The van der Waals surface area contributed by atoms with Crippen molar-refractivity contribution in [1.82, 2.24) is 5.32 Å². The molecule has 0 fully saturated rings. The van der Waals surface area contributed by atoms with Crippen LogP contribution in [0.1, 0.15) is 29.5 Å². The van der Waals surface area contributed by atoms with E-state index in [1.807, 2.05) is 19.1 Å². The fourth-order valence-corrected chi connectivity index (χ4v) is 2.14. The first-order chi connectivity index (χ1) is 7.41. The summed E-state index contributed by atoms with van der Waals surface area (Å²) in [4.78, 5) is 24.4. The lowest BCUT2D eigenvalue weighted by Crippen LogP contribution is -2.40. The zero-order chi connectivity index (χ0) is 12.3. The number of amides is 1. The summed E-state index contributed by atoms with van der Waals surface area (Å²) in [5.74, 6) is -1.58. The summed E-state index contributed by atoms with van der Waals surface area (Å²) in [7, 11) is 0. The van der Waals surface area contributed by atoms with Crippen LogP contribution in [0.15, 0.2) is 12.1 Å². The van der Waals surface area contributed by atoms with Crippen molar-refractivity contribution in [3.05, 3.63) is 21.9 Å². The number of aliphatic carboxylic acids is 1. The summed E-state index contributed by atoms with van der Waals surface area (Å²) >= 11 is 1.55. The van der Waals surface area contributed by atoms with E-state index in [1.165, 1.54) is 6.92 Å². The Bertz CT molecular complexity index is 400. The summed E-state index contributed by atoms with van der Waals surface area (Å²) < 4.78 is 0. The molecule has 1 amide bonds. The lowest BCUT2D eigenvalue weighted by Gasteiger charge is -2.13. The van der Waals surface area contributed by atoms with Crippen LogP contribution in [0.5, 0.6) is 0 Å². The third-order valence-corrected chi connectivity index (χ3v) is 3.49. The first-order valence-electron chi connectivity index (χ1n) is 5.01. The van der Waals surface area contributed by atoms with Gasteiger partial charge in [-0.1, -0.05) is 0 Å². The average Bonchev–Trinajstić information content (AvgIpc) is 2.63. The summed E-state index contributed by atoms with van der Waals surface area (Å²) in [5, 5.41) is 11.1. The minimum absolute atomic E-state index is 0.253. The number of carbonyl (C=O) groups excluding carboxylic acids is 1. The number of rotatable bonds is 4. The Hall–Kier alpha value is -1.36. The highest BCUT2D eigenvalue weighted by Gasteiger charge is 2.21. The van der Waals surface area contributed by atoms with E-state index >= 15 is 0 Å². The molecule has 0 bridgehead atoms. The number of hydrogen-bond donors (Lipinski definition) is 2. The summed E-state index contributed by atoms with van der Waals surface area (Å²) in [6.45, 7) is 5.19. The molecule has 88 valence electrons. The van der Waals surface area contributed by atoms with Gasteiger partial charge in [-0.2, -0.15) is 0 Å². The zero-order valence-electron chi connectivity index (χ0n) is 9.48. The van der Waals surface area contributed by atoms with Crippen LogP contribution in [0, 0.1) is 6.92 Å². The molecule has 4 nitrogen and oxygen atoms in total. The smallest absolute Gasteiger partial charge is 0.325 e. The topological polar surface area (TPSA) is 66.4 Å². The molecule has 0 radical (unpaired) electrons. The Morgan fingerprint density at radius 3 is 2.44 bits per heavy atom. The van der Waals surface area contributed by atoms with E-state index in [4.69, 9.17) is 5.11 Å². The highest BCUT2D eigenvalue weighted by Crippen LogP contribution is 2.24. The summed E-state index contributed by atoms with van der Waals surface area (Å²) in [5.41, 5.74) is 0. The average molecular weight is 241 g/mol. The van der Waals surface area contributed by atoms with Gasteiger partial charge in [-0.05, 0) is 32.9 Å². The first-order valence-corrected chi connectivity index (χ1v) is 5.83. The standard InChI is InChI=1S/C11H15NO3S/c1-6-4-5-9(16-6)7(2)10(13)12-8(3)11(14)15/h4-5,7-8H,1-3H3,(H,12,13)(H,14,15). The van der Waals surface area contributed by atoms with Gasteiger partial charge in [0.1, 0.15) is 6.04 Å². The molecule has 2 N–H and O–H groups in total. The van der Waals surface area contributed by atoms with E-state index in [9.17, 15) is 9.59 Å². The molecule has 0 aliphatic heterocycles. The SMILES string of the molecule is Cc1ccc(C(C)C(=O)NC(C)C(=O)O)s1. The monoisotopic (exact) mass is 241 g/mol. The van der Waals surface area contributed by atoms with Crippen molar-refractivity contribution in [2.24, 2.45) is 0 Å². The predicted octanol–water partition coefficient (Wildman–Crippen LogP) is 1.75. The third-order valence-electron chi connectivity index (χ3n) is 2.31. The summed E-state index contributed by atoms with van der Waals surface area (Å²) in [6.07, 6.45) is 0. The molecule has 0 saturated heterocycles. The number of aryl methyl sites for hydroxylation is 1.